The van der Waals surface area contributed by atoms with Gasteiger partial charge in [-0.2, -0.15) is 0 Å². The van der Waals surface area contributed by atoms with Crippen LogP contribution in [-0.2, 0) is 10.0 Å². The Kier molecular flexibility index (Phi) is 5.73. The molecular formula is C18H22BrNO3S. The molecule has 0 aromatic heterocycles. The van der Waals surface area contributed by atoms with Gasteiger partial charge in [0.05, 0.1) is 7.11 Å². The minimum atomic E-state index is -3.72. The molecule has 24 heavy (non-hydrogen) atoms. The fourth-order valence-corrected chi connectivity index (χ4v) is 4.60. The number of sulfonamides is 1. The molecule has 0 saturated carbocycles. The zero-order valence-corrected chi connectivity index (χ0v) is 16.9. The molecule has 2 aromatic rings. The smallest absolute Gasteiger partial charge is 0.244 e. The van der Waals surface area contributed by atoms with Crippen molar-refractivity contribution in [2.45, 2.75) is 38.6 Å². The highest BCUT2D eigenvalue weighted by molar-refractivity contribution is 9.10. The number of aryl methyl sites for hydroxylation is 3. The van der Waals surface area contributed by atoms with E-state index in [0.29, 0.717) is 10.2 Å². The van der Waals surface area contributed by atoms with E-state index in [9.17, 15) is 8.42 Å². The van der Waals surface area contributed by atoms with E-state index in [4.69, 9.17) is 4.74 Å². The van der Waals surface area contributed by atoms with Gasteiger partial charge >= 0.3 is 0 Å². The van der Waals surface area contributed by atoms with Gasteiger partial charge in [-0.3, -0.25) is 0 Å². The molecule has 1 atom stereocenters. The molecule has 0 fully saturated rings. The molecule has 0 heterocycles. The molecule has 0 saturated heterocycles. The predicted molar refractivity (Wildman–Crippen MR) is 100 cm³/mol. The third-order valence-electron chi connectivity index (χ3n) is 4.10. The lowest BCUT2D eigenvalue weighted by atomic mass is 9.97. The average Bonchev–Trinajstić information content (AvgIpc) is 2.50. The standard InChI is InChI=1S/C18H22BrNO3S/c1-11-8-13(3)16(9-12(11)2)14(4)20-24(21,22)18-10-15(19)6-7-17(18)23-5/h6-10,14,20H,1-5H3. The van der Waals surface area contributed by atoms with Gasteiger partial charge in [0.1, 0.15) is 10.6 Å². The summed E-state index contributed by atoms with van der Waals surface area (Å²) in [5, 5.41) is 0. The summed E-state index contributed by atoms with van der Waals surface area (Å²) in [5.41, 5.74) is 4.37. The quantitative estimate of drug-likeness (QED) is 0.791. The van der Waals surface area contributed by atoms with Crippen LogP contribution in [0.15, 0.2) is 39.7 Å². The molecule has 1 unspecified atom stereocenters. The van der Waals surface area contributed by atoms with Crippen LogP contribution in [0.2, 0.25) is 0 Å². The molecule has 0 bridgehead atoms. The Balaban J connectivity index is 2.39. The van der Waals surface area contributed by atoms with Crippen LogP contribution in [0.4, 0.5) is 0 Å². The highest BCUT2D eigenvalue weighted by atomic mass is 79.9. The first-order chi connectivity index (χ1) is 11.2. The number of ether oxygens (including phenoxy) is 1. The summed E-state index contributed by atoms with van der Waals surface area (Å²) in [5.74, 6) is 0.315. The average molecular weight is 412 g/mol. The summed E-state index contributed by atoms with van der Waals surface area (Å²) in [6, 6.07) is 8.68. The Morgan fingerprint density at radius 2 is 1.67 bits per heavy atom. The molecular weight excluding hydrogens is 390 g/mol. The van der Waals surface area contributed by atoms with E-state index in [2.05, 4.69) is 26.7 Å². The van der Waals surface area contributed by atoms with Crippen molar-refractivity contribution in [2.75, 3.05) is 7.11 Å². The van der Waals surface area contributed by atoms with Crippen molar-refractivity contribution in [2.24, 2.45) is 0 Å². The molecule has 0 radical (unpaired) electrons. The highest BCUT2D eigenvalue weighted by Crippen LogP contribution is 2.29. The lowest BCUT2D eigenvalue weighted by Crippen LogP contribution is -2.28. The highest BCUT2D eigenvalue weighted by Gasteiger charge is 2.23. The lowest BCUT2D eigenvalue weighted by Gasteiger charge is -2.19. The molecule has 1 N–H and O–H groups in total. The number of hydrogen-bond acceptors (Lipinski definition) is 3. The Morgan fingerprint density at radius 1 is 1.04 bits per heavy atom. The molecule has 0 aliphatic carbocycles. The summed E-state index contributed by atoms with van der Waals surface area (Å²) in [6.45, 7) is 7.91. The molecule has 0 aliphatic heterocycles. The second-order valence-corrected chi connectivity index (χ2v) is 8.53. The first-order valence-electron chi connectivity index (χ1n) is 7.59. The van der Waals surface area contributed by atoms with Gasteiger partial charge in [0.25, 0.3) is 0 Å². The summed E-state index contributed by atoms with van der Waals surface area (Å²) in [6.07, 6.45) is 0. The predicted octanol–water partition coefficient (Wildman–Crippen LogP) is 4.42. The Morgan fingerprint density at radius 3 is 2.29 bits per heavy atom. The van der Waals surface area contributed by atoms with Crippen LogP contribution in [0.3, 0.4) is 0 Å². The molecule has 2 aromatic carbocycles. The topological polar surface area (TPSA) is 55.4 Å². The van der Waals surface area contributed by atoms with Crippen molar-refractivity contribution >= 4 is 26.0 Å². The van der Waals surface area contributed by atoms with E-state index in [1.807, 2.05) is 33.8 Å². The number of nitrogens with one attached hydrogen (secondary N) is 1. The van der Waals surface area contributed by atoms with Crippen molar-refractivity contribution < 1.29 is 13.2 Å². The first kappa shape index (κ1) is 19.0. The van der Waals surface area contributed by atoms with E-state index in [1.165, 1.54) is 12.7 Å². The van der Waals surface area contributed by atoms with Crippen molar-refractivity contribution in [3.8, 4) is 5.75 Å². The molecule has 4 nitrogen and oxygen atoms in total. The van der Waals surface area contributed by atoms with Crippen LogP contribution in [0.25, 0.3) is 0 Å². The summed E-state index contributed by atoms with van der Waals surface area (Å²) < 4.78 is 34.2. The van der Waals surface area contributed by atoms with Crippen LogP contribution in [0.5, 0.6) is 5.75 Å². The zero-order chi connectivity index (χ0) is 18.1. The number of methoxy groups -OCH3 is 1. The van der Waals surface area contributed by atoms with Gasteiger partial charge in [0, 0.05) is 10.5 Å². The van der Waals surface area contributed by atoms with Crippen LogP contribution in [0, 0.1) is 20.8 Å². The fraction of sp³-hybridized carbons (Fsp3) is 0.333. The van der Waals surface area contributed by atoms with Crippen molar-refractivity contribution in [3.05, 3.63) is 57.1 Å². The molecule has 0 amide bonds. The van der Waals surface area contributed by atoms with E-state index in [-0.39, 0.29) is 10.9 Å². The maximum atomic E-state index is 12.8. The maximum absolute atomic E-state index is 12.8. The first-order valence-corrected chi connectivity index (χ1v) is 9.87. The van der Waals surface area contributed by atoms with Crippen molar-refractivity contribution in [3.63, 3.8) is 0 Å². The van der Waals surface area contributed by atoms with Gasteiger partial charge in [0.15, 0.2) is 0 Å². The zero-order valence-electron chi connectivity index (χ0n) is 14.5. The molecule has 130 valence electrons. The second kappa shape index (κ2) is 7.25. The van der Waals surface area contributed by atoms with Crippen molar-refractivity contribution in [1.29, 1.82) is 0 Å². The molecule has 0 aliphatic rings. The molecule has 6 heteroatoms. The van der Waals surface area contributed by atoms with E-state index in [1.54, 1.807) is 18.2 Å². The number of benzene rings is 2. The summed E-state index contributed by atoms with van der Waals surface area (Å²) in [7, 11) is -2.26. The second-order valence-electron chi connectivity index (χ2n) is 5.93. The summed E-state index contributed by atoms with van der Waals surface area (Å²) >= 11 is 3.31. The summed E-state index contributed by atoms with van der Waals surface area (Å²) in [4.78, 5) is 0.118. The fourth-order valence-electron chi connectivity index (χ4n) is 2.67. The molecule has 2 rings (SSSR count). The third-order valence-corrected chi connectivity index (χ3v) is 6.15. The molecule has 0 spiro atoms. The van der Waals surface area contributed by atoms with Crippen LogP contribution in [-0.4, -0.2) is 15.5 Å². The van der Waals surface area contributed by atoms with Gasteiger partial charge in [-0.15, -0.1) is 0 Å². The third kappa shape index (κ3) is 3.99. The van der Waals surface area contributed by atoms with Gasteiger partial charge in [0.2, 0.25) is 10.0 Å². The minimum absolute atomic E-state index is 0.118. The van der Waals surface area contributed by atoms with Crippen LogP contribution >= 0.6 is 15.9 Å². The maximum Gasteiger partial charge on any atom is 0.244 e. The SMILES string of the molecule is COc1ccc(Br)cc1S(=O)(=O)NC(C)c1cc(C)c(C)cc1C. The van der Waals surface area contributed by atoms with Gasteiger partial charge in [-0.1, -0.05) is 28.1 Å². The van der Waals surface area contributed by atoms with Gasteiger partial charge in [-0.25, -0.2) is 13.1 Å². The Hall–Kier alpha value is -1.37. The number of hydrogen-bond donors (Lipinski definition) is 1. The Bertz CT molecular complexity index is 863. The van der Waals surface area contributed by atoms with E-state index >= 15 is 0 Å². The number of rotatable bonds is 5. The van der Waals surface area contributed by atoms with Crippen molar-refractivity contribution in [1.82, 2.24) is 4.72 Å². The largest absolute Gasteiger partial charge is 0.495 e. The van der Waals surface area contributed by atoms with Crippen LogP contribution < -0.4 is 9.46 Å². The lowest BCUT2D eigenvalue weighted by molar-refractivity contribution is 0.402. The van der Waals surface area contributed by atoms with E-state index < -0.39 is 10.0 Å². The Labute approximate surface area is 152 Å². The van der Waals surface area contributed by atoms with Crippen LogP contribution in [0.1, 0.15) is 35.2 Å². The van der Waals surface area contributed by atoms with Gasteiger partial charge in [-0.05, 0) is 68.1 Å². The normalized spacial score (nSPS) is 12.9. The minimum Gasteiger partial charge on any atom is -0.495 e. The van der Waals surface area contributed by atoms with E-state index in [0.717, 1.165) is 16.7 Å². The van der Waals surface area contributed by atoms with Gasteiger partial charge < -0.3 is 4.74 Å². The monoisotopic (exact) mass is 411 g/mol. The number of halogens is 1.